The zero-order valence-electron chi connectivity index (χ0n) is 11.4. The van der Waals surface area contributed by atoms with Crippen LogP contribution in [-0.2, 0) is 0 Å². The van der Waals surface area contributed by atoms with Crippen molar-refractivity contribution in [2.24, 2.45) is 0 Å². The fourth-order valence-corrected chi connectivity index (χ4v) is 2.51. The molecular weight excluding hydrogens is 226 g/mol. The van der Waals surface area contributed by atoms with Crippen molar-refractivity contribution < 1.29 is 9.53 Å². The summed E-state index contributed by atoms with van der Waals surface area (Å²) in [5.41, 5.74) is 2.92. The Bertz CT molecular complexity index is 448. The molecule has 1 saturated heterocycles. The molecule has 1 aliphatic rings. The summed E-state index contributed by atoms with van der Waals surface area (Å²) in [5.74, 6) is 0.891. The molecular formula is C15H21NO2. The predicted molar refractivity (Wildman–Crippen MR) is 72.4 cm³/mol. The van der Waals surface area contributed by atoms with Crippen LogP contribution in [0, 0.1) is 13.8 Å². The highest BCUT2D eigenvalue weighted by Gasteiger charge is 2.25. The molecule has 1 unspecified atom stereocenters. The molecule has 1 aromatic carbocycles. The van der Waals surface area contributed by atoms with Crippen LogP contribution < -0.4 is 10.1 Å². The second-order valence-corrected chi connectivity index (χ2v) is 4.96. The Morgan fingerprint density at radius 2 is 2.11 bits per heavy atom. The monoisotopic (exact) mass is 247 g/mol. The SMILES string of the molecule is COc1c(C(=O)C2CCCCN2)ccc(C)c1C. The molecule has 98 valence electrons. The van der Waals surface area contributed by atoms with Crippen LogP contribution in [0.15, 0.2) is 12.1 Å². The standard InChI is InChI=1S/C15H21NO2/c1-10-7-8-12(15(18-3)11(10)2)14(17)13-6-4-5-9-16-13/h7-8,13,16H,4-6,9H2,1-3H3. The molecule has 1 heterocycles. The van der Waals surface area contributed by atoms with Gasteiger partial charge in [0.25, 0.3) is 0 Å². The summed E-state index contributed by atoms with van der Waals surface area (Å²) in [6.07, 6.45) is 3.21. The third-order valence-corrected chi connectivity index (χ3v) is 3.77. The van der Waals surface area contributed by atoms with Gasteiger partial charge in [-0.2, -0.15) is 0 Å². The number of aryl methyl sites for hydroxylation is 1. The van der Waals surface area contributed by atoms with Crippen molar-refractivity contribution in [2.45, 2.75) is 39.2 Å². The van der Waals surface area contributed by atoms with E-state index in [0.29, 0.717) is 5.56 Å². The lowest BCUT2D eigenvalue weighted by Crippen LogP contribution is -2.40. The van der Waals surface area contributed by atoms with Gasteiger partial charge in [0.05, 0.1) is 18.7 Å². The summed E-state index contributed by atoms with van der Waals surface area (Å²) in [4.78, 5) is 12.5. The van der Waals surface area contributed by atoms with Crippen molar-refractivity contribution in [1.29, 1.82) is 0 Å². The number of ketones is 1. The minimum absolute atomic E-state index is 0.0465. The largest absolute Gasteiger partial charge is 0.496 e. The molecule has 1 aromatic rings. The smallest absolute Gasteiger partial charge is 0.183 e. The number of nitrogens with one attached hydrogen (secondary N) is 1. The fourth-order valence-electron chi connectivity index (χ4n) is 2.51. The summed E-state index contributed by atoms with van der Waals surface area (Å²) in [6, 6.07) is 3.84. The third kappa shape index (κ3) is 2.41. The number of benzene rings is 1. The van der Waals surface area contributed by atoms with Gasteiger partial charge in [0.1, 0.15) is 5.75 Å². The van der Waals surface area contributed by atoms with Crippen molar-refractivity contribution in [3.63, 3.8) is 0 Å². The average Bonchev–Trinajstić information content (AvgIpc) is 2.42. The van der Waals surface area contributed by atoms with Gasteiger partial charge in [-0.05, 0) is 50.4 Å². The van der Waals surface area contributed by atoms with E-state index in [0.717, 1.165) is 42.7 Å². The molecule has 0 radical (unpaired) electrons. The highest BCUT2D eigenvalue weighted by Crippen LogP contribution is 2.28. The van der Waals surface area contributed by atoms with Crippen LogP contribution >= 0.6 is 0 Å². The van der Waals surface area contributed by atoms with E-state index in [4.69, 9.17) is 4.74 Å². The Morgan fingerprint density at radius 1 is 1.33 bits per heavy atom. The normalized spacial score (nSPS) is 19.6. The van der Waals surface area contributed by atoms with Gasteiger partial charge in [-0.1, -0.05) is 12.5 Å². The van der Waals surface area contributed by atoms with Crippen LogP contribution in [-0.4, -0.2) is 25.5 Å². The van der Waals surface area contributed by atoms with E-state index in [9.17, 15) is 4.79 Å². The van der Waals surface area contributed by atoms with E-state index < -0.39 is 0 Å². The maximum absolute atomic E-state index is 12.5. The first kappa shape index (κ1) is 13.1. The number of rotatable bonds is 3. The highest BCUT2D eigenvalue weighted by molar-refractivity contribution is 6.02. The minimum atomic E-state index is -0.0465. The molecule has 1 fully saturated rings. The van der Waals surface area contributed by atoms with E-state index in [2.05, 4.69) is 5.32 Å². The number of Topliss-reactive ketones (excluding diaryl/α,β-unsaturated/α-hetero) is 1. The molecule has 0 spiro atoms. The summed E-state index contributed by atoms with van der Waals surface area (Å²) < 4.78 is 5.42. The zero-order valence-corrected chi connectivity index (χ0v) is 11.4. The van der Waals surface area contributed by atoms with Crippen LogP contribution in [0.25, 0.3) is 0 Å². The Labute approximate surface area is 109 Å². The molecule has 0 amide bonds. The van der Waals surface area contributed by atoms with Crippen molar-refractivity contribution in [3.05, 3.63) is 28.8 Å². The van der Waals surface area contributed by atoms with E-state index in [1.165, 1.54) is 0 Å². The maximum atomic E-state index is 12.5. The first-order valence-electron chi connectivity index (χ1n) is 6.57. The second-order valence-electron chi connectivity index (χ2n) is 4.96. The van der Waals surface area contributed by atoms with Gasteiger partial charge in [0.2, 0.25) is 0 Å². The number of methoxy groups -OCH3 is 1. The number of ether oxygens (including phenoxy) is 1. The number of hydrogen-bond acceptors (Lipinski definition) is 3. The summed E-state index contributed by atoms with van der Waals surface area (Å²) >= 11 is 0. The average molecular weight is 247 g/mol. The molecule has 1 atom stereocenters. The van der Waals surface area contributed by atoms with Crippen LogP contribution in [0.5, 0.6) is 5.75 Å². The number of carbonyl (C=O) groups is 1. The van der Waals surface area contributed by atoms with Crippen molar-refractivity contribution in [1.82, 2.24) is 5.32 Å². The molecule has 0 aliphatic carbocycles. The van der Waals surface area contributed by atoms with Gasteiger partial charge in [-0.25, -0.2) is 0 Å². The van der Waals surface area contributed by atoms with Crippen molar-refractivity contribution in [2.75, 3.05) is 13.7 Å². The Balaban J connectivity index is 2.32. The fraction of sp³-hybridized carbons (Fsp3) is 0.533. The van der Waals surface area contributed by atoms with Gasteiger partial charge in [0, 0.05) is 0 Å². The molecule has 1 aliphatic heterocycles. The summed E-state index contributed by atoms with van der Waals surface area (Å²) in [7, 11) is 1.63. The maximum Gasteiger partial charge on any atom is 0.183 e. The van der Waals surface area contributed by atoms with Gasteiger partial charge in [-0.15, -0.1) is 0 Å². The van der Waals surface area contributed by atoms with E-state index in [1.807, 2.05) is 26.0 Å². The molecule has 3 nitrogen and oxygen atoms in total. The molecule has 0 saturated carbocycles. The lowest BCUT2D eigenvalue weighted by Gasteiger charge is -2.23. The van der Waals surface area contributed by atoms with E-state index in [1.54, 1.807) is 7.11 Å². The molecule has 0 aromatic heterocycles. The first-order chi connectivity index (χ1) is 8.65. The Hall–Kier alpha value is -1.35. The zero-order chi connectivity index (χ0) is 13.1. The number of carbonyl (C=O) groups excluding carboxylic acids is 1. The van der Waals surface area contributed by atoms with Crippen LogP contribution in [0.3, 0.4) is 0 Å². The van der Waals surface area contributed by atoms with Gasteiger partial charge in [0.15, 0.2) is 5.78 Å². The predicted octanol–water partition coefficient (Wildman–Crippen LogP) is 2.64. The topological polar surface area (TPSA) is 38.3 Å². The highest BCUT2D eigenvalue weighted by atomic mass is 16.5. The van der Waals surface area contributed by atoms with E-state index in [-0.39, 0.29) is 11.8 Å². The van der Waals surface area contributed by atoms with Crippen molar-refractivity contribution in [3.8, 4) is 5.75 Å². The van der Waals surface area contributed by atoms with Crippen LogP contribution in [0.1, 0.15) is 40.7 Å². The number of piperidine rings is 1. The Morgan fingerprint density at radius 3 is 2.72 bits per heavy atom. The van der Waals surface area contributed by atoms with Gasteiger partial charge >= 0.3 is 0 Å². The van der Waals surface area contributed by atoms with Crippen LogP contribution in [0.4, 0.5) is 0 Å². The first-order valence-corrected chi connectivity index (χ1v) is 6.57. The Kier molecular flexibility index (Phi) is 4.02. The molecule has 0 bridgehead atoms. The van der Waals surface area contributed by atoms with E-state index >= 15 is 0 Å². The molecule has 2 rings (SSSR count). The van der Waals surface area contributed by atoms with Gasteiger partial charge < -0.3 is 10.1 Å². The number of hydrogen-bond donors (Lipinski definition) is 1. The summed E-state index contributed by atoms with van der Waals surface area (Å²) in [5, 5.41) is 3.30. The lowest BCUT2D eigenvalue weighted by molar-refractivity contribution is 0.0924. The quantitative estimate of drug-likeness (QED) is 0.834. The minimum Gasteiger partial charge on any atom is -0.496 e. The van der Waals surface area contributed by atoms with Crippen LogP contribution in [0.2, 0.25) is 0 Å². The molecule has 3 heteroatoms. The van der Waals surface area contributed by atoms with Gasteiger partial charge in [-0.3, -0.25) is 4.79 Å². The van der Waals surface area contributed by atoms with Crippen molar-refractivity contribution >= 4 is 5.78 Å². The lowest BCUT2D eigenvalue weighted by atomic mass is 9.93. The third-order valence-electron chi connectivity index (χ3n) is 3.77. The molecule has 18 heavy (non-hydrogen) atoms. The summed E-state index contributed by atoms with van der Waals surface area (Å²) in [6.45, 7) is 4.97. The molecule has 1 N–H and O–H groups in total. The second kappa shape index (κ2) is 5.53.